The molecule has 17 heavy (non-hydrogen) atoms. The molecule has 2 N–H and O–H groups in total. The fraction of sp³-hybridized carbons (Fsp3) is 0.333. The molecule has 0 radical (unpaired) electrons. The smallest absolute Gasteiger partial charge is 0.198 e. The Morgan fingerprint density at radius 2 is 2.06 bits per heavy atom. The van der Waals surface area contributed by atoms with Gasteiger partial charge in [0, 0.05) is 6.54 Å². The molecule has 90 valence electrons. The number of carbonyl (C=O) groups is 2. The van der Waals surface area contributed by atoms with Crippen molar-refractivity contribution in [2.45, 2.75) is 17.9 Å². The summed E-state index contributed by atoms with van der Waals surface area (Å²) in [5.41, 5.74) is 0.793. The number of carbonyl (C=O) groups excluding carboxylic acids is 2. The lowest BCUT2D eigenvalue weighted by Crippen LogP contribution is -2.33. The number of hydrogen-bond acceptors (Lipinski definition) is 5. The Bertz CT molecular complexity index is 421. The maximum Gasteiger partial charge on any atom is 0.198 e. The lowest BCUT2D eigenvalue weighted by molar-refractivity contribution is -0.121. The van der Waals surface area contributed by atoms with Gasteiger partial charge in [-0.3, -0.25) is 14.9 Å². The molecule has 1 saturated heterocycles. The Labute approximate surface area is 103 Å². The molecule has 0 aliphatic carbocycles. The van der Waals surface area contributed by atoms with E-state index in [1.54, 1.807) is 0 Å². The molecular formula is C12H13NO3S. The van der Waals surface area contributed by atoms with Crippen molar-refractivity contribution in [1.82, 2.24) is 5.32 Å². The van der Waals surface area contributed by atoms with E-state index in [1.807, 2.05) is 30.3 Å². The van der Waals surface area contributed by atoms with Gasteiger partial charge in [-0.2, -0.15) is 0 Å². The van der Waals surface area contributed by atoms with Gasteiger partial charge in [-0.25, -0.2) is 0 Å². The minimum absolute atomic E-state index is 0.0102. The molecule has 0 saturated carbocycles. The molecule has 1 aromatic rings. The van der Waals surface area contributed by atoms with Crippen molar-refractivity contribution in [2.75, 3.05) is 6.54 Å². The summed E-state index contributed by atoms with van der Waals surface area (Å²) < 4.78 is 0. The van der Waals surface area contributed by atoms with Gasteiger partial charge in [-0.05, 0) is 5.56 Å². The molecule has 0 amide bonds. The zero-order chi connectivity index (χ0) is 12.3. The topological polar surface area (TPSA) is 66.4 Å². The average Bonchev–Trinajstić information content (AvgIpc) is 2.66. The fourth-order valence-corrected chi connectivity index (χ4v) is 2.52. The first-order valence-electron chi connectivity index (χ1n) is 5.35. The molecule has 1 aromatic carbocycles. The first-order valence-corrected chi connectivity index (χ1v) is 6.23. The van der Waals surface area contributed by atoms with Crippen molar-refractivity contribution < 1.29 is 14.7 Å². The van der Waals surface area contributed by atoms with Gasteiger partial charge >= 0.3 is 0 Å². The highest BCUT2D eigenvalue weighted by atomic mass is 32.2. The van der Waals surface area contributed by atoms with E-state index in [0.29, 0.717) is 0 Å². The number of Topliss-reactive ketones (excluding diaryl/α,β-unsaturated/α-hetero) is 1. The molecule has 1 heterocycles. The molecular weight excluding hydrogens is 238 g/mol. The first-order chi connectivity index (χ1) is 8.16. The van der Waals surface area contributed by atoms with Crippen LogP contribution in [0.4, 0.5) is 0 Å². The van der Waals surface area contributed by atoms with E-state index >= 15 is 0 Å². The number of rotatable bonds is 4. The van der Waals surface area contributed by atoms with E-state index in [1.165, 1.54) is 0 Å². The number of hydrogen-bond donors (Lipinski definition) is 2. The maximum atomic E-state index is 11.3. The van der Waals surface area contributed by atoms with Crippen LogP contribution in [0, 0.1) is 0 Å². The third-order valence-corrected chi connectivity index (χ3v) is 3.61. The molecule has 0 bridgehead atoms. The molecule has 4 nitrogen and oxygen atoms in total. The van der Waals surface area contributed by atoms with E-state index < -0.39 is 11.5 Å². The molecule has 2 unspecified atom stereocenters. The standard InChI is InChI=1S/C12H13NO3S/c14-9-6-11(16)17-12(9)13-7-10(15)8-4-2-1-3-5-8/h1-5,10,12-13,15H,6-7H2. The van der Waals surface area contributed by atoms with Gasteiger partial charge in [0.25, 0.3) is 0 Å². The van der Waals surface area contributed by atoms with Crippen LogP contribution in [0.2, 0.25) is 0 Å². The van der Waals surface area contributed by atoms with E-state index in [-0.39, 0.29) is 23.9 Å². The van der Waals surface area contributed by atoms with Crippen molar-refractivity contribution in [3.05, 3.63) is 35.9 Å². The van der Waals surface area contributed by atoms with Crippen molar-refractivity contribution >= 4 is 22.7 Å². The van der Waals surface area contributed by atoms with Gasteiger partial charge in [0.05, 0.1) is 12.5 Å². The van der Waals surface area contributed by atoms with Gasteiger partial charge < -0.3 is 5.11 Å². The number of aliphatic hydroxyl groups is 1. The predicted octanol–water partition coefficient (Wildman–Crippen LogP) is 0.868. The van der Waals surface area contributed by atoms with E-state index in [0.717, 1.165) is 17.3 Å². The minimum atomic E-state index is -0.666. The molecule has 1 fully saturated rings. The van der Waals surface area contributed by atoms with Crippen LogP contribution in [0.1, 0.15) is 18.1 Å². The van der Waals surface area contributed by atoms with E-state index in [2.05, 4.69) is 5.32 Å². The molecule has 0 aromatic heterocycles. The summed E-state index contributed by atoms with van der Waals surface area (Å²) in [6, 6.07) is 9.20. The maximum absolute atomic E-state index is 11.3. The zero-order valence-corrected chi connectivity index (χ0v) is 9.94. The lowest BCUT2D eigenvalue weighted by Gasteiger charge is -2.14. The SMILES string of the molecule is O=C1CC(=O)C(NCC(O)c2ccccc2)S1. The summed E-state index contributed by atoms with van der Waals surface area (Å²) in [4.78, 5) is 22.4. The highest BCUT2D eigenvalue weighted by molar-refractivity contribution is 8.15. The van der Waals surface area contributed by atoms with Crippen LogP contribution in [0.25, 0.3) is 0 Å². The monoisotopic (exact) mass is 251 g/mol. The second-order valence-electron chi connectivity index (χ2n) is 3.85. The summed E-state index contributed by atoms with van der Waals surface area (Å²) in [5.74, 6) is -0.111. The van der Waals surface area contributed by atoms with Gasteiger partial charge in [-0.1, -0.05) is 42.1 Å². The molecule has 1 aliphatic heterocycles. The number of ketones is 1. The Hall–Kier alpha value is -1.17. The quantitative estimate of drug-likeness (QED) is 0.777. The Morgan fingerprint density at radius 3 is 2.65 bits per heavy atom. The molecule has 1 aliphatic rings. The zero-order valence-electron chi connectivity index (χ0n) is 9.13. The number of aliphatic hydroxyl groups excluding tert-OH is 1. The van der Waals surface area contributed by atoms with E-state index in [4.69, 9.17) is 0 Å². The number of benzene rings is 1. The molecule has 2 atom stereocenters. The van der Waals surface area contributed by atoms with Crippen molar-refractivity contribution in [2.24, 2.45) is 0 Å². The molecule has 5 heteroatoms. The summed E-state index contributed by atoms with van der Waals surface area (Å²) in [6.07, 6.45) is -0.677. The van der Waals surface area contributed by atoms with Crippen LogP contribution in [0.15, 0.2) is 30.3 Å². The van der Waals surface area contributed by atoms with Crippen LogP contribution >= 0.6 is 11.8 Å². The lowest BCUT2D eigenvalue weighted by atomic mass is 10.1. The van der Waals surface area contributed by atoms with Gasteiger partial charge in [-0.15, -0.1) is 0 Å². The van der Waals surface area contributed by atoms with Crippen molar-refractivity contribution in [3.63, 3.8) is 0 Å². The second-order valence-corrected chi connectivity index (χ2v) is 5.01. The second kappa shape index (κ2) is 5.44. The van der Waals surface area contributed by atoms with Crippen molar-refractivity contribution in [1.29, 1.82) is 0 Å². The fourth-order valence-electron chi connectivity index (χ4n) is 1.64. The minimum Gasteiger partial charge on any atom is -0.387 e. The normalized spacial score (nSPS) is 21.8. The van der Waals surface area contributed by atoms with Crippen LogP contribution < -0.4 is 5.32 Å². The molecule has 2 rings (SSSR count). The van der Waals surface area contributed by atoms with Gasteiger partial charge in [0.15, 0.2) is 10.9 Å². The van der Waals surface area contributed by atoms with Crippen LogP contribution in [0.3, 0.4) is 0 Å². The van der Waals surface area contributed by atoms with Gasteiger partial charge in [0.2, 0.25) is 0 Å². The summed E-state index contributed by atoms with van der Waals surface area (Å²) in [6.45, 7) is 0.265. The summed E-state index contributed by atoms with van der Waals surface area (Å²) in [5, 5.41) is 12.2. The van der Waals surface area contributed by atoms with Crippen molar-refractivity contribution in [3.8, 4) is 0 Å². The predicted molar refractivity (Wildman–Crippen MR) is 65.4 cm³/mol. The van der Waals surface area contributed by atoms with Crippen LogP contribution in [-0.4, -0.2) is 27.9 Å². The summed E-state index contributed by atoms with van der Waals surface area (Å²) in [7, 11) is 0. The van der Waals surface area contributed by atoms with Crippen LogP contribution in [0.5, 0.6) is 0 Å². The number of thioether (sulfide) groups is 1. The molecule has 0 spiro atoms. The third kappa shape index (κ3) is 3.15. The Balaban J connectivity index is 1.86. The third-order valence-electron chi connectivity index (χ3n) is 2.54. The Kier molecular flexibility index (Phi) is 3.93. The highest BCUT2D eigenvalue weighted by Crippen LogP contribution is 2.23. The van der Waals surface area contributed by atoms with E-state index in [9.17, 15) is 14.7 Å². The largest absolute Gasteiger partial charge is 0.387 e. The average molecular weight is 251 g/mol. The van der Waals surface area contributed by atoms with Crippen LogP contribution in [-0.2, 0) is 9.59 Å². The highest BCUT2D eigenvalue weighted by Gasteiger charge is 2.31. The van der Waals surface area contributed by atoms with Gasteiger partial charge in [0.1, 0.15) is 5.37 Å². The summed E-state index contributed by atoms with van der Waals surface area (Å²) >= 11 is 1.00. The first kappa shape index (κ1) is 12.3. The Morgan fingerprint density at radius 1 is 1.35 bits per heavy atom. The number of nitrogens with one attached hydrogen (secondary N) is 1.